The number of Topliss-reactive ketones (excluding diaryl/α,β-unsaturated/α-hetero) is 1. The van der Waals surface area contributed by atoms with Gasteiger partial charge in [-0.3, -0.25) is 4.79 Å². The molecular formula is C20H28O. The summed E-state index contributed by atoms with van der Waals surface area (Å²) >= 11 is 0. The Hall–Kier alpha value is -1.11. The van der Waals surface area contributed by atoms with E-state index in [1.54, 1.807) is 0 Å². The molecule has 1 unspecified atom stereocenters. The van der Waals surface area contributed by atoms with E-state index in [-0.39, 0.29) is 11.3 Å². The first-order valence-electron chi connectivity index (χ1n) is 8.72. The molecule has 1 aromatic rings. The summed E-state index contributed by atoms with van der Waals surface area (Å²) in [4.78, 5) is 13.3. The van der Waals surface area contributed by atoms with E-state index < -0.39 is 0 Å². The van der Waals surface area contributed by atoms with Crippen molar-refractivity contribution in [1.29, 1.82) is 0 Å². The van der Waals surface area contributed by atoms with E-state index in [2.05, 4.69) is 38.1 Å². The number of aryl methyl sites for hydroxylation is 1. The Balaban J connectivity index is 1.78. The molecular weight excluding hydrogens is 256 g/mol. The van der Waals surface area contributed by atoms with Crippen LogP contribution in [-0.4, -0.2) is 5.78 Å². The van der Waals surface area contributed by atoms with Crippen LogP contribution in [0.5, 0.6) is 0 Å². The van der Waals surface area contributed by atoms with Gasteiger partial charge >= 0.3 is 0 Å². The molecule has 0 saturated heterocycles. The number of hydrogen-bond donors (Lipinski definition) is 0. The van der Waals surface area contributed by atoms with Gasteiger partial charge in [0, 0.05) is 11.3 Å². The highest BCUT2D eigenvalue weighted by atomic mass is 16.1. The highest BCUT2D eigenvalue weighted by molar-refractivity contribution is 5.87. The largest absolute Gasteiger partial charge is 0.299 e. The summed E-state index contributed by atoms with van der Waals surface area (Å²) in [7, 11) is 0. The van der Waals surface area contributed by atoms with Crippen LogP contribution in [0.25, 0.3) is 0 Å². The van der Waals surface area contributed by atoms with Gasteiger partial charge in [0.2, 0.25) is 0 Å². The lowest BCUT2D eigenvalue weighted by Crippen LogP contribution is -2.37. The minimum absolute atomic E-state index is 0.0190. The van der Waals surface area contributed by atoms with Gasteiger partial charge in [-0.1, -0.05) is 51.0 Å². The Morgan fingerprint density at radius 1 is 1.19 bits per heavy atom. The molecule has 1 heteroatoms. The zero-order valence-corrected chi connectivity index (χ0v) is 13.5. The molecule has 1 atom stereocenters. The van der Waals surface area contributed by atoms with Gasteiger partial charge in [0.15, 0.2) is 0 Å². The van der Waals surface area contributed by atoms with Crippen molar-refractivity contribution in [2.75, 3.05) is 0 Å². The van der Waals surface area contributed by atoms with Crippen molar-refractivity contribution in [3.05, 3.63) is 35.4 Å². The Morgan fingerprint density at radius 3 is 2.52 bits per heavy atom. The van der Waals surface area contributed by atoms with E-state index >= 15 is 0 Å². The number of hydrogen-bond acceptors (Lipinski definition) is 1. The van der Waals surface area contributed by atoms with Crippen molar-refractivity contribution < 1.29 is 4.79 Å². The molecule has 0 amide bonds. The van der Waals surface area contributed by atoms with Crippen LogP contribution in [0.2, 0.25) is 0 Å². The predicted octanol–water partition coefficient (Wildman–Crippen LogP) is 4.97. The van der Waals surface area contributed by atoms with Crippen LogP contribution in [0.15, 0.2) is 24.3 Å². The van der Waals surface area contributed by atoms with Crippen molar-refractivity contribution in [2.24, 2.45) is 17.3 Å². The van der Waals surface area contributed by atoms with Gasteiger partial charge in [-0.25, -0.2) is 0 Å². The maximum absolute atomic E-state index is 13.3. The average Bonchev–Trinajstić information content (AvgIpc) is 2.95. The SMILES string of the molecule is CC(C)CC1(C(=O)C2CCc3ccccc3C2)CCCC1. The van der Waals surface area contributed by atoms with Gasteiger partial charge in [-0.15, -0.1) is 0 Å². The summed E-state index contributed by atoms with van der Waals surface area (Å²) in [6, 6.07) is 8.69. The summed E-state index contributed by atoms with van der Waals surface area (Å²) in [6.07, 6.45) is 9.02. The fourth-order valence-electron chi connectivity index (χ4n) is 4.74. The fraction of sp³-hybridized carbons (Fsp3) is 0.650. The summed E-state index contributed by atoms with van der Waals surface area (Å²) in [5, 5.41) is 0. The van der Waals surface area contributed by atoms with E-state index in [0.29, 0.717) is 11.7 Å². The van der Waals surface area contributed by atoms with Crippen molar-refractivity contribution in [1.82, 2.24) is 0 Å². The van der Waals surface area contributed by atoms with Crippen LogP contribution >= 0.6 is 0 Å². The zero-order valence-electron chi connectivity index (χ0n) is 13.5. The molecule has 0 aliphatic heterocycles. The van der Waals surface area contributed by atoms with Crippen LogP contribution in [0.1, 0.15) is 63.5 Å². The lowest BCUT2D eigenvalue weighted by Gasteiger charge is -2.35. The third-order valence-corrected chi connectivity index (χ3v) is 5.60. The highest BCUT2D eigenvalue weighted by Crippen LogP contribution is 2.47. The zero-order chi connectivity index (χ0) is 14.9. The van der Waals surface area contributed by atoms with Crippen molar-refractivity contribution >= 4 is 5.78 Å². The summed E-state index contributed by atoms with van der Waals surface area (Å²) in [5.41, 5.74) is 2.90. The fourth-order valence-corrected chi connectivity index (χ4v) is 4.74. The van der Waals surface area contributed by atoms with E-state index in [1.807, 2.05) is 0 Å². The third-order valence-electron chi connectivity index (χ3n) is 5.60. The molecule has 3 rings (SSSR count). The molecule has 1 fully saturated rings. The molecule has 1 aromatic carbocycles. The van der Waals surface area contributed by atoms with Crippen molar-refractivity contribution in [2.45, 2.75) is 65.2 Å². The molecule has 0 spiro atoms. The first-order valence-corrected chi connectivity index (χ1v) is 8.72. The van der Waals surface area contributed by atoms with E-state index in [9.17, 15) is 4.79 Å². The average molecular weight is 284 g/mol. The van der Waals surface area contributed by atoms with E-state index in [4.69, 9.17) is 0 Å². The van der Waals surface area contributed by atoms with Crippen LogP contribution in [0, 0.1) is 17.3 Å². The third kappa shape index (κ3) is 2.93. The minimum Gasteiger partial charge on any atom is -0.299 e. The maximum atomic E-state index is 13.3. The lowest BCUT2D eigenvalue weighted by molar-refractivity contribution is -0.134. The van der Waals surface area contributed by atoms with Crippen molar-refractivity contribution in [3.8, 4) is 0 Å². The van der Waals surface area contributed by atoms with Gasteiger partial charge in [-0.2, -0.15) is 0 Å². The quantitative estimate of drug-likeness (QED) is 0.763. The van der Waals surface area contributed by atoms with E-state index in [1.165, 1.54) is 24.0 Å². The van der Waals surface area contributed by atoms with Crippen LogP contribution in [0.4, 0.5) is 0 Å². The smallest absolute Gasteiger partial charge is 0.142 e. The maximum Gasteiger partial charge on any atom is 0.142 e. The van der Waals surface area contributed by atoms with Gasteiger partial charge in [-0.05, 0) is 55.6 Å². The molecule has 2 aliphatic rings. The highest BCUT2D eigenvalue weighted by Gasteiger charge is 2.44. The van der Waals surface area contributed by atoms with Gasteiger partial charge < -0.3 is 0 Å². The molecule has 1 saturated carbocycles. The molecule has 0 aromatic heterocycles. The second kappa shape index (κ2) is 5.94. The van der Waals surface area contributed by atoms with Gasteiger partial charge in [0.25, 0.3) is 0 Å². The predicted molar refractivity (Wildman–Crippen MR) is 87.3 cm³/mol. The van der Waals surface area contributed by atoms with Gasteiger partial charge in [0.05, 0.1) is 0 Å². The number of carbonyl (C=O) groups is 1. The molecule has 21 heavy (non-hydrogen) atoms. The number of fused-ring (bicyclic) bond motifs is 1. The van der Waals surface area contributed by atoms with E-state index in [0.717, 1.165) is 38.5 Å². The van der Waals surface area contributed by atoms with Gasteiger partial charge in [0.1, 0.15) is 5.78 Å². The van der Waals surface area contributed by atoms with Crippen LogP contribution in [-0.2, 0) is 17.6 Å². The topological polar surface area (TPSA) is 17.1 Å². The summed E-state index contributed by atoms with van der Waals surface area (Å²) < 4.78 is 0. The standard InChI is InChI=1S/C20H28O/c1-15(2)14-20(11-5-6-12-20)19(21)18-10-9-16-7-3-4-8-17(16)13-18/h3-4,7-8,15,18H,5-6,9-14H2,1-2H3. The molecule has 0 N–H and O–H groups in total. The number of benzene rings is 1. The lowest BCUT2D eigenvalue weighted by atomic mass is 9.68. The summed E-state index contributed by atoms with van der Waals surface area (Å²) in [6.45, 7) is 4.53. The molecule has 114 valence electrons. The Morgan fingerprint density at radius 2 is 1.86 bits per heavy atom. The molecule has 0 bridgehead atoms. The van der Waals surface area contributed by atoms with Crippen LogP contribution < -0.4 is 0 Å². The first-order chi connectivity index (χ1) is 10.1. The molecule has 1 nitrogen and oxygen atoms in total. The second-order valence-corrected chi connectivity index (χ2v) is 7.66. The Labute approximate surface area is 129 Å². The number of rotatable bonds is 4. The first kappa shape index (κ1) is 14.8. The number of ketones is 1. The second-order valence-electron chi connectivity index (χ2n) is 7.66. The molecule has 0 heterocycles. The Kier molecular flexibility index (Phi) is 4.19. The minimum atomic E-state index is 0.0190. The van der Waals surface area contributed by atoms with Crippen molar-refractivity contribution in [3.63, 3.8) is 0 Å². The summed E-state index contributed by atoms with van der Waals surface area (Å²) in [5.74, 6) is 1.50. The van der Waals surface area contributed by atoms with Crippen LogP contribution in [0.3, 0.4) is 0 Å². The Bertz CT molecular complexity index is 508. The molecule has 2 aliphatic carbocycles. The normalized spacial score (nSPS) is 24.0. The molecule has 0 radical (unpaired) electrons. The monoisotopic (exact) mass is 284 g/mol. The number of carbonyl (C=O) groups excluding carboxylic acids is 1.